The van der Waals surface area contributed by atoms with Crippen molar-refractivity contribution in [2.24, 2.45) is 0 Å². The maximum absolute atomic E-state index is 5.64. The van der Waals surface area contributed by atoms with Crippen molar-refractivity contribution >= 4 is 42.8 Å². The normalized spacial score (nSPS) is 15.3. The molecule has 3 nitrogen and oxygen atoms in total. The van der Waals surface area contributed by atoms with E-state index in [0.717, 1.165) is 37.8 Å². The van der Waals surface area contributed by atoms with E-state index in [4.69, 9.17) is 9.15 Å². The van der Waals surface area contributed by atoms with Gasteiger partial charge in [-0.3, -0.25) is 0 Å². The summed E-state index contributed by atoms with van der Waals surface area (Å²) < 4.78 is 12.9. The summed E-state index contributed by atoms with van der Waals surface area (Å²) in [5.41, 5.74) is 2.01. The predicted octanol–water partition coefficient (Wildman–Crippen LogP) is 4.22. The molecule has 1 N–H and O–H groups in total. The number of benzene rings is 1. The molecule has 0 unspecified atom stereocenters. The summed E-state index contributed by atoms with van der Waals surface area (Å²) in [5, 5.41) is 4.58. The smallest absolute Gasteiger partial charge is 0.149 e. The average molecular weight is 375 g/mol. The van der Waals surface area contributed by atoms with Crippen LogP contribution < -0.4 is 10.1 Å². The van der Waals surface area contributed by atoms with Crippen molar-refractivity contribution in [3.05, 3.63) is 26.8 Å². The number of fused-ring (bicyclic) bond motifs is 1. The molecule has 96 valence electrons. The summed E-state index contributed by atoms with van der Waals surface area (Å²) in [6.45, 7) is 0.829. The molecular formula is C13H13Br2NO2. The Kier molecular flexibility index (Phi) is 3.38. The molecule has 0 atom stereocenters. The zero-order valence-electron chi connectivity index (χ0n) is 9.93. The lowest BCUT2D eigenvalue weighted by Crippen LogP contribution is -2.14. The molecular weight excluding hydrogens is 362 g/mol. The third-order valence-corrected chi connectivity index (χ3v) is 4.53. The largest absolute Gasteiger partial charge is 0.496 e. The molecule has 3 rings (SSSR count). The molecule has 1 heterocycles. The Morgan fingerprint density at radius 1 is 1.44 bits per heavy atom. The highest BCUT2D eigenvalue weighted by Gasteiger charge is 2.22. The highest BCUT2D eigenvalue weighted by molar-refractivity contribution is 9.11. The van der Waals surface area contributed by atoms with Crippen LogP contribution in [-0.2, 0) is 6.54 Å². The van der Waals surface area contributed by atoms with Gasteiger partial charge >= 0.3 is 0 Å². The van der Waals surface area contributed by atoms with Crippen LogP contribution in [0.4, 0.5) is 0 Å². The Bertz CT molecular complexity index is 590. The lowest BCUT2D eigenvalue weighted by Gasteiger charge is -2.07. The van der Waals surface area contributed by atoms with Crippen molar-refractivity contribution < 1.29 is 9.15 Å². The van der Waals surface area contributed by atoms with Crippen LogP contribution in [0.3, 0.4) is 0 Å². The fourth-order valence-electron chi connectivity index (χ4n) is 2.00. The van der Waals surface area contributed by atoms with E-state index in [1.54, 1.807) is 7.11 Å². The summed E-state index contributed by atoms with van der Waals surface area (Å²) in [5.74, 6) is 0.809. The topological polar surface area (TPSA) is 34.4 Å². The van der Waals surface area contributed by atoms with E-state index < -0.39 is 0 Å². The molecule has 5 heteroatoms. The van der Waals surface area contributed by atoms with Gasteiger partial charge in [0.25, 0.3) is 0 Å². The van der Waals surface area contributed by atoms with Gasteiger partial charge in [0.1, 0.15) is 11.3 Å². The molecule has 0 saturated heterocycles. The minimum Gasteiger partial charge on any atom is -0.496 e. The number of ether oxygens (including phenoxy) is 1. The van der Waals surface area contributed by atoms with Crippen molar-refractivity contribution in [2.75, 3.05) is 7.11 Å². The van der Waals surface area contributed by atoms with Crippen molar-refractivity contribution in [3.63, 3.8) is 0 Å². The monoisotopic (exact) mass is 373 g/mol. The SMILES string of the molecule is COc1cc(Br)c2occ(CNC3CC3)c2c1Br. The number of hydrogen-bond donors (Lipinski definition) is 1. The van der Waals surface area contributed by atoms with Gasteiger partial charge in [0.05, 0.1) is 22.3 Å². The first kappa shape index (κ1) is 12.5. The molecule has 1 fully saturated rings. The van der Waals surface area contributed by atoms with E-state index in [1.165, 1.54) is 12.8 Å². The Morgan fingerprint density at radius 2 is 2.22 bits per heavy atom. The lowest BCUT2D eigenvalue weighted by molar-refractivity contribution is 0.412. The van der Waals surface area contributed by atoms with Crippen molar-refractivity contribution in [2.45, 2.75) is 25.4 Å². The van der Waals surface area contributed by atoms with Crippen LogP contribution in [0.5, 0.6) is 5.75 Å². The van der Waals surface area contributed by atoms with Crippen LogP contribution in [0.1, 0.15) is 18.4 Å². The van der Waals surface area contributed by atoms with E-state index in [0.29, 0.717) is 6.04 Å². The molecule has 0 spiro atoms. The summed E-state index contributed by atoms with van der Waals surface area (Å²) in [6, 6.07) is 2.59. The zero-order chi connectivity index (χ0) is 12.7. The van der Waals surface area contributed by atoms with Gasteiger partial charge in [0.15, 0.2) is 0 Å². The van der Waals surface area contributed by atoms with E-state index in [1.807, 2.05) is 12.3 Å². The van der Waals surface area contributed by atoms with E-state index in [-0.39, 0.29) is 0 Å². The quantitative estimate of drug-likeness (QED) is 0.869. The number of halogens is 2. The number of rotatable bonds is 4. The molecule has 0 amide bonds. The fourth-order valence-corrected chi connectivity index (χ4v) is 3.21. The van der Waals surface area contributed by atoms with Crippen molar-refractivity contribution in [3.8, 4) is 5.75 Å². The van der Waals surface area contributed by atoms with E-state index in [2.05, 4.69) is 37.2 Å². The first-order valence-corrected chi connectivity index (χ1v) is 7.44. The standard InChI is InChI=1S/C13H13Br2NO2/c1-17-10-4-9(14)13-11(12(10)15)7(6-18-13)5-16-8-2-3-8/h4,6,8,16H,2-3,5H2,1H3. The first-order chi connectivity index (χ1) is 8.70. The van der Waals surface area contributed by atoms with E-state index in [9.17, 15) is 0 Å². The second kappa shape index (κ2) is 4.87. The Labute approximate surface area is 122 Å². The number of furan rings is 1. The Balaban J connectivity index is 2.05. The second-order valence-corrected chi connectivity index (χ2v) is 6.14. The molecule has 0 aliphatic heterocycles. The first-order valence-electron chi connectivity index (χ1n) is 5.86. The van der Waals surface area contributed by atoms with Gasteiger partial charge in [0.2, 0.25) is 0 Å². The van der Waals surface area contributed by atoms with Crippen molar-refractivity contribution in [1.29, 1.82) is 0 Å². The lowest BCUT2D eigenvalue weighted by atomic mass is 10.1. The maximum Gasteiger partial charge on any atom is 0.149 e. The molecule has 1 aliphatic rings. The van der Waals surface area contributed by atoms with Gasteiger partial charge in [-0.1, -0.05) is 0 Å². The van der Waals surface area contributed by atoms with Gasteiger partial charge < -0.3 is 14.5 Å². The van der Waals surface area contributed by atoms with Crippen LogP contribution in [0.2, 0.25) is 0 Å². The van der Waals surface area contributed by atoms with Gasteiger partial charge in [-0.25, -0.2) is 0 Å². The van der Waals surface area contributed by atoms with Crippen LogP contribution >= 0.6 is 31.9 Å². The van der Waals surface area contributed by atoms with E-state index >= 15 is 0 Å². The number of nitrogens with one attached hydrogen (secondary N) is 1. The molecule has 2 aromatic rings. The molecule has 0 radical (unpaired) electrons. The molecule has 1 aromatic carbocycles. The molecule has 1 aromatic heterocycles. The van der Waals surface area contributed by atoms with Crippen LogP contribution in [0.15, 0.2) is 25.7 Å². The number of hydrogen-bond acceptors (Lipinski definition) is 3. The summed E-state index contributed by atoms with van der Waals surface area (Å²) in [7, 11) is 1.67. The molecule has 0 bridgehead atoms. The minimum absolute atomic E-state index is 0.683. The summed E-state index contributed by atoms with van der Waals surface area (Å²) in [6.07, 6.45) is 4.38. The van der Waals surface area contributed by atoms with Gasteiger partial charge in [-0.2, -0.15) is 0 Å². The minimum atomic E-state index is 0.683. The highest BCUT2D eigenvalue weighted by Crippen LogP contribution is 2.40. The maximum atomic E-state index is 5.64. The van der Waals surface area contributed by atoms with Crippen LogP contribution in [-0.4, -0.2) is 13.2 Å². The molecule has 18 heavy (non-hydrogen) atoms. The molecule has 1 saturated carbocycles. The number of methoxy groups -OCH3 is 1. The van der Waals surface area contributed by atoms with Crippen LogP contribution in [0, 0.1) is 0 Å². The van der Waals surface area contributed by atoms with Gasteiger partial charge in [0, 0.05) is 23.5 Å². The van der Waals surface area contributed by atoms with Crippen LogP contribution in [0.25, 0.3) is 11.0 Å². The average Bonchev–Trinajstić information content (AvgIpc) is 3.09. The highest BCUT2D eigenvalue weighted by atomic mass is 79.9. The predicted molar refractivity (Wildman–Crippen MR) is 78.0 cm³/mol. The van der Waals surface area contributed by atoms with Gasteiger partial charge in [-0.15, -0.1) is 0 Å². The van der Waals surface area contributed by atoms with Gasteiger partial charge in [-0.05, 0) is 50.8 Å². The zero-order valence-corrected chi connectivity index (χ0v) is 13.1. The third kappa shape index (κ3) is 2.19. The fraction of sp³-hybridized carbons (Fsp3) is 0.385. The van der Waals surface area contributed by atoms with Crippen molar-refractivity contribution in [1.82, 2.24) is 5.32 Å². The Morgan fingerprint density at radius 3 is 2.89 bits per heavy atom. The summed E-state index contributed by atoms with van der Waals surface area (Å²) >= 11 is 7.11. The Hall–Kier alpha value is -0.520. The third-order valence-electron chi connectivity index (χ3n) is 3.16. The summed E-state index contributed by atoms with van der Waals surface area (Å²) in [4.78, 5) is 0. The molecule has 1 aliphatic carbocycles. The second-order valence-electron chi connectivity index (χ2n) is 4.49.